The van der Waals surface area contributed by atoms with Crippen LogP contribution in [0.15, 0.2) is 16.6 Å². The Balaban J connectivity index is 2.35. The van der Waals surface area contributed by atoms with E-state index in [9.17, 15) is 9.59 Å². The Hall–Kier alpha value is -1.56. The number of nitrogen functional groups attached to an aromatic ring is 1. The van der Waals surface area contributed by atoms with Crippen LogP contribution in [0.25, 0.3) is 0 Å². The van der Waals surface area contributed by atoms with Gasteiger partial charge in [0.25, 0.3) is 0 Å². The second-order valence-corrected chi connectivity index (χ2v) is 5.32. The number of nitrogens with two attached hydrogens (primary N) is 2. The summed E-state index contributed by atoms with van der Waals surface area (Å²) >= 11 is 3.41. The monoisotopic (exact) mass is 311 g/mol. The summed E-state index contributed by atoms with van der Waals surface area (Å²) in [6.45, 7) is 2.22. The fourth-order valence-electron chi connectivity index (χ4n) is 2.06. The van der Waals surface area contributed by atoms with Gasteiger partial charge in [-0.1, -0.05) is 15.9 Å². The first-order valence-electron chi connectivity index (χ1n) is 5.55. The summed E-state index contributed by atoms with van der Waals surface area (Å²) in [6.07, 6.45) is 0.153. The molecule has 1 aromatic rings. The molecule has 0 aliphatic carbocycles. The molecule has 1 saturated heterocycles. The van der Waals surface area contributed by atoms with Gasteiger partial charge in [0.05, 0.1) is 17.3 Å². The molecule has 4 N–H and O–H groups in total. The molecule has 1 aliphatic rings. The van der Waals surface area contributed by atoms with Gasteiger partial charge in [0.15, 0.2) is 0 Å². The van der Waals surface area contributed by atoms with Crippen molar-refractivity contribution in [2.45, 2.75) is 13.3 Å². The molecular formula is C12H14BrN3O2. The fraction of sp³-hybridized carbons (Fsp3) is 0.333. The quantitative estimate of drug-likeness (QED) is 0.804. The summed E-state index contributed by atoms with van der Waals surface area (Å²) in [4.78, 5) is 24.5. The zero-order valence-electron chi connectivity index (χ0n) is 9.94. The van der Waals surface area contributed by atoms with Crippen molar-refractivity contribution in [3.05, 3.63) is 22.2 Å². The van der Waals surface area contributed by atoms with Crippen LogP contribution in [0, 0.1) is 12.8 Å². The third kappa shape index (κ3) is 2.20. The number of hydrogen-bond donors (Lipinski definition) is 2. The topological polar surface area (TPSA) is 89.4 Å². The molecule has 1 aromatic carbocycles. The maximum atomic E-state index is 11.9. The lowest BCUT2D eigenvalue weighted by atomic mass is 10.1. The molecule has 18 heavy (non-hydrogen) atoms. The first-order chi connectivity index (χ1) is 8.40. The van der Waals surface area contributed by atoms with Gasteiger partial charge in [-0.3, -0.25) is 9.59 Å². The number of carbonyl (C=O) groups is 2. The van der Waals surface area contributed by atoms with Crippen LogP contribution in [-0.2, 0) is 9.59 Å². The number of hydrogen-bond acceptors (Lipinski definition) is 3. The Bertz CT molecular complexity index is 530. The predicted molar refractivity (Wildman–Crippen MR) is 72.9 cm³/mol. The molecular weight excluding hydrogens is 298 g/mol. The number of anilines is 2. The molecule has 0 spiro atoms. The van der Waals surface area contributed by atoms with Crippen molar-refractivity contribution in [3.8, 4) is 0 Å². The summed E-state index contributed by atoms with van der Waals surface area (Å²) in [5.41, 5.74) is 13.3. The van der Waals surface area contributed by atoms with E-state index in [0.29, 0.717) is 17.9 Å². The average molecular weight is 312 g/mol. The van der Waals surface area contributed by atoms with E-state index in [1.54, 1.807) is 12.1 Å². The van der Waals surface area contributed by atoms with E-state index >= 15 is 0 Å². The van der Waals surface area contributed by atoms with Crippen LogP contribution in [0.4, 0.5) is 11.4 Å². The van der Waals surface area contributed by atoms with Crippen molar-refractivity contribution >= 4 is 39.1 Å². The van der Waals surface area contributed by atoms with Gasteiger partial charge in [-0.05, 0) is 24.6 Å². The van der Waals surface area contributed by atoms with Crippen molar-refractivity contribution in [2.24, 2.45) is 11.7 Å². The standard InChI is InChI=1S/C12H14BrN3O2/c1-6-2-9(14)10(4-8(6)13)16-5-7(12(15)18)3-11(16)17/h2,4,7H,3,5,14H2,1H3,(H2,15,18). The van der Waals surface area contributed by atoms with Crippen LogP contribution in [0.3, 0.4) is 0 Å². The molecule has 6 heteroatoms. The minimum atomic E-state index is -0.449. The lowest BCUT2D eigenvalue weighted by Gasteiger charge is -2.19. The van der Waals surface area contributed by atoms with Crippen LogP contribution in [0.2, 0.25) is 0 Å². The molecule has 0 aromatic heterocycles. The van der Waals surface area contributed by atoms with Gasteiger partial charge in [0.1, 0.15) is 0 Å². The van der Waals surface area contributed by atoms with Gasteiger partial charge in [-0.15, -0.1) is 0 Å². The van der Waals surface area contributed by atoms with Crippen LogP contribution >= 0.6 is 15.9 Å². The van der Waals surface area contributed by atoms with Gasteiger partial charge in [0, 0.05) is 17.4 Å². The number of halogens is 1. The minimum Gasteiger partial charge on any atom is -0.397 e. The van der Waals surface area contributed by atoms with Gasteiger partial charge < -0.3 is 16.4 Å². The van der Waals surface area contributed by atoms with E-state index in [1.165, 1.54) is 4.90 Å². The molecule has 5 nitrogen and oxygen atoms in total. The van der Waals surface area contributed by atoms with Crippen molar-refractivity contribution in [1.29, 1.82) is 0 Å². The minimum absolute atomic E-state index is 0.124. The van der Waals surface area contributed by atoms with Crippen molar-refractivity contribution in [3.63, 3.8) is 0 Å². The van der Waals surface area contributed by atoms with E-state index in [0.717, 1.165) is 10.0 Å². The van der Waals surface area contributed by atoms with E-state index in [-0.39, 0.29) is 12.3 Å². The van der Waals surface area contributed by atoms with E-state index in [4.69, 9.17) is 11.5 Å². The predicted octanol–water partition coefficient (Wildman–Crippen LogP) is 1.18. The molecule has 0 saturated carbocycles. The molecule has 1 unspecified atom stereocenters. The van der Waals surface area contributed by atoms with Gasteiger partial charge >= 0.3 is 0 Å². The van der Waals surface area contributed by atoms with Crippen molar-refractivity contribution < 1.29 is 9.59 Å². The van der Waals surface area contributed by atoms with Crippen LogP contribution in [0.1, 0.15) is 12.0 Å². The molecule has 0 radical (unpaired) electrons. The van der Waals surface area contributed by atoms with Gasteiger partial charge in [-0.2, -0.15) is 0 Å². The Kier molecular flexibility index (Phi) is 3.30. The number of aryl methyl sites for hydroxylation is 1. The lowest BCUT2D eigenvalue weighted by molar-refractivity contribution is -0.123. The fourth-order valence-corrected chi connectivity index (χ4v) is 2.39. The maximum Gasteiger partial charge on any atom is 0.227 e. The number of rotatable bonds is 2. The molecule has 2 rings (SSSR count). The number of benzene rings is 1. The molecule has 1 atom stereocenters. The molecule has 1 aliphatic heterocycles. The average Bonchev–Trinajstić information content (AvgIpc) is 2.66. The highest BCUT2D eigenvalue weighted by Crippen LogP contribution is 2.33. The highest BCUT2D eigenvalue weighted by molar-refractivity contribution is 9.10. The SMILES string of the molecule is Cc1cc(N)c(N2CC(C(N)=O)CC2=O)cc1Br. The summed E-state index contributed by atoms with van der Waals surface area (Å²) in [5.74, 6) is -1.01. The van der Waals surface area contributed by atoms with E-state index < -0.39 is 11.8 Å². The lowest BCUT2D eigenvalue weighted by Crippen LogP contribution is -2.29. The molecule has 1 heterocycles. The largest absolute Gasteiger partial charge is 0.397 e. The molecule has 1 fully saturated rings. The second kappa shape index (κ2) is 4.61. The third-order valence-corrected chi connectivity index (χ3v) is 3.98. The Morgan fingerprint density at radius 2 is 2.17 bits per heavy atom. The summed E-state index contributed by atoms with van der Waals surface area (Å²) in [6, 6.07) is 3.59. The summed E-state index contributed by atoms with van der Waals surface area (Å²) in [7, 11) is 0. The zero-order chi connectivity index (χ0) is 13.4. The Labute approximate surface area is 113 Å². The molecule has 96 valence electrons. The van der Waals surface area contributed by atoms with Gasteiger partial charge in [0.2, 0.25) is 11.8 Å². The number of carbonyl (C=O) groups excluding carboxylic acids is 2. The first-order valence-corrected chi connectivity index (χ1v) is 6.34. The summed E-state index contributed by atoms with van der Waals surface area (Å²) in [5, 5.41) is 0. The zero-order valence-corrected chi connectivity index (χ0v) is 11.5. The summed E-state index contributed by atoms with van der Waals surface area (Å²) < 4.78 is 0.877. The molecule has 0 bridgehead atoms. The highest BCUT2D eigenvalue weighted by atomic mass is 79.9. The first kappa shape index (κ1) is 12.9. The van der Waals surface area contributed by atoms with E-state index in [1.807, 2.05) is 6.92 Å². The van der Waals surface area contributed by atoms with E-state index in [2.05, 4.69) is 15.9 Å². The normalized spacial score (nSPS) is 19.3. The molecule has 2 amide bonds. The Morgan fingerprint density at radius 3 is 2.72 bits per heavy atom. The number of amides is 2. The van der Waals surface area contributed by atoms with Crippen LogP contribution in [0.5, 0.6) is 0 Å². The van der Waals surface area contributed by atoms with Crippen LogP contribution in [-0.4, -0.2) is 18.4 Å². The van der Waals surface area contributed by atoms with Gasteiger partial charge in [-0.25, -0.2) is 0 Å². The smallest absolute Gasteiger partial charge is 0.227 e. The number of primary amides is 1. The second-order valence-electron chi connectivity index (χ2n) is 4.47. The van der Waals surface area contributed by atoms with Crippen molar-refractivity contribution in [1.82, 2.24) is 0 Å². The third-order valence-electron chi connectivity index (χ3n) is 3.13. The highest BCUT2D eigenvalue weighted by Gasteiger charge is 2.34. The maximum absolute atomic E-state index is 11.9. The number of nitrogens with zero attached hydrogens (tertiary/aromatic N) is 1. The van der Waals surface area contributed by atoms with Crippen molar-refractivity contribution in [2.75, 3.05) is 17.2 Å². The van der Waals surface area contributed by atoms with Crippen LogP contribution < -0.4 is 16.4 Å². The Morgan fingerprint density at radius 1 is 1.50 bits per heavy atom.